The largest absolute Gasteiger partial charge is 0.496 e. The van der Waals surface area contributed by atoms with Crippen LogP contribution in [-0.2, 0) is 18.6 Å². The number of nitrogens with one attached hydrogen (secondary N) is 1. The number of imidazole rings is 1. The zero-order valence-electron chi connectivity index (χ0n) is 15.9. The fourth-order valence-electron chi connectivity index (χ4n) is 4.24. The molecule has 0 atom stereocenters. The first-order valence-electron chi connectivity index (χ1n) is 9.72. The van der Waals surface area contributed by atoms with Crippen molar-refractivity contribution in [2.75, 3.05) is 7.11 Å². The number of aromatic nitrogens is 2. The van der Waals surface area contributed by atoms with Crippen LogP contribution in [0.3, 0.4) is 0 Å². The van der Waals surface area contributed by atoms with Crippen LogP contribution in [0, 0.1) is 0 Å². The number of benzene rings is 2. The highest BCUT2D eigenvalue weighted by atomic mass is 16.5. The molecule has 0 saturated heterocycles. The summed E-state index contributed by atoms with van der Waals surface area (Å²) in [4.78, 5) is 4.39. The van der Waals surface area contributed by atoms with Crippen LogP contribution in [0.25, 0.3) is 0 Å². The SMILES string of the molecule is COc1ccccc1C1(NCc2cncn2Cc2ccccc2)CCCC1. The number of rotatable bonds is 7. The van der Waals surface area contributed by atoms with E-state index in [1.165, 1.54) is 29.7 Å². The van der Waals surface area contributed by atoms with Gasteiger partial charge in [-0.15, -0.1) is 0 Å². The van der Waals surface area contributed by atoms with Crippen LogP contribution in [-0.4, -0.2) is 16.7 Å². The van der Waals surface area contributed by atoms with E-state index >= 15 is 0 Å². The van der Waals surface area contributed by atoms with Gasteiger partial charge in [-0.05, 0) is 24.5 Å². The van der Waals surface area contributed by atoms with Crippen LogP contribution in [0.5, 0.6) is 5.75 Å². The van der Waals surface area contributed by atoms with Crippen LogP contribution in [0.15, 0.2) is 67.1 Å². The lowest BCUT2D eigenvalue weighted by Crippen LogP contribution is -2.40. The molecule has 1 N–H and O–H groups in total. The number of hydrogen-bond donors (Lipinski definition) is 1. The molecule has 1 aromatic heterocycles. The van der Waals surface area contributed by atoms with Crippen LogP contribution >= 0.6 is 0 Å². The van der Waals surface area contributed by atoms with Crippen molar-refractivity contribution in [1.82, 2.24) is 14.9 Å². The molecule has 4 nitrogen and oxygen atoms in total. The maximum absolute atomic E-state index is 5.67. The number of nitrogens with zero attached hydrogens (tertiary/aromatic N) is 2. The molecule has 27 heavy (non-hydrogen) atoms. The van der Waals surface area contributed by atoms with Crippen molar-refractivity contribution in [2.24, 2.45) is 0 Å². The van der Waals surface area contributed by atoms with Gasteiger partial charge in [0, 0.05) is 30.4 Å². The second-order valence-electron chi connectivity index (χ2n) is 7.34. The van der Waals surface area contributed by atoms with Gasteiger partial charge in [0.25, 0.3) is 0 Å². The standard InChI is InChI=1S/C23H27N3O/c1-27-22-12-6-5-11-21(22)23(13-7-8-14-23)25-16-20-15-24-18-26(20)17-19-9-3-2-4-10-19/h2-6,9-12,15,18,25H,7-8,13-14,16-17H2,1H3. The van der Waals surface area contributed by atoms with Crippen LogP contribution in [0.2, 0.25) is 0 Å². The van der Waals surface area contributed by atoms with Crippen LogP contribution in [0.1, 0.15) is 42.5 Å². The third kappa shape index (κ3) is 3.76. The molecule has 4 heteroatoms. The van der Waals surface area contributed by atoms with Gasteiger partial charge in [-0.1, -0.05) is 61.4 Å². The van der Waals surface area contributed by atoms with Crippen LogP contribution < -0.4 is 10.1 Å². The maximum Gasteiger partial charge on any atom is 0.123 e. The number of hydrogen-bond acceptors (Lipinski definition) is 3. The molecule has 1 aliphatic carbocycles. The van der Waals surface area contributed by atoms with Crippen molar-refractivity contribution < 1.29 is 4.74 Å². The van der Waals surface area contributed by atoms with Crippen molar-refractivity contribution in [3.63, 3.8) is 0 Å². The average molecular weight is 361 g/mol. The third-order valence-electron chi connectivity index (χ3n) is 5.68. The third-order valence-corrected chi connectivity index (χ3v) is 5.68. The van der Waals surface area contributed by atoms with E-state index in [1.807, 2.05) is 18.6 Å². The summed E-state index contributed by atoms with van der Waals surface area (Å²) in [5.41, 5.74) is 3.75. The Labute approximate surface area is 161 Å². The molecule has 3 aromatic rings. The summed E-state index contributed by atoms with van der Waals surface area (Å²) in [6.45, 7) is 1.64. The van der Waals surface area contributed by atoms with E-state index in [0.717, 1.165) is 31.7 Å². The predicted octanol–water partition coefficient (Wildman–Crippen LogP) is 4.50. The van der Waals surface area contributed by atoms with Gasteiger partial charge in [0.15, 0.2) is 0 Å². The molecule has 0 unspecified atom stereocenters. The second-order valence-corrected chi connectivity index (χ2v) is 7.34. The molecule has 0 bridgehead atoms. The summed E-state index contributed by atoms with van der Waals surface area (Å²) in [7, 11) is 1.76. The Hall–Kier alpha value is -2.59. The van der Waals surface area contributed by atoms with E-state index in [0.29, 0.717) is 0 Å². The van der Waals surface area contributed by atoms with Crippen molar-refractivity contribution in [2.45, 2.75) is 44.3 Å². The lowest BCUT2D eigenvalue weighted by Gasteiger charge is -2.32. The molecule has 140 valence electrons. The average Bonchev–Trinajstić information content (AvgIpc) is 3.37. The fourth-order valence-corrected chi connectivity index (χ4v) is 4.24. The summed E-state index contributed by atoms with van der Waals surface area (Å²) in [5.74, 6) is 0.977. The molecule has 0 amide bonds. The van der Waals surface area contributed by atoms with E-state index in [9.17, 15) is 0 Å². The first-order valence-corrected chi connectivity index (χ1v) is 9.72. The summed E-state index contributed by atoms with van der Waals surface area (Å²) >= 11 is 0. The molecule has 1 fully saturated rings. The van der Waals surface area contributed by atoms with Gasteiger partial charge < -0.3 is 14.6 Å². The monoisotopic (exact) mass is 361 g/mol. The Morgan fingerprint density at radius 3 is 2.56 bits per heavy atom. The van der Waals surface area contributed by atoms with E-state index in [4.69, 9.17) is 4.74 Å². The Morgan fingerprint density at radius 1 is 1.04 bits per heavy atom. The van der Waals surface area contributed by atoms with E-state index in [1.54, 1.807) is 7.11 Å². The Kier molecular flexibility index (Phi) is 5.26. The summed E-state index contributed by atoms with van der Waals surface area (Å²) in [5, 5.41) is 3.87. The van der Waals surface area contributed by atoms with E-state index in [-0.39, 0.29) is 5.54 Å². The van der Waals surface area contributed by atoms with Gasteiger partial charge in [-0.3, -0.25) is 0 Å². The summed E-state index contributed by atoms with van der Waals surface area (Å²) < 4.78 is 7.89. The first kappa shape index (κ1) is 17.8. The highest BCUT2D eigenvalue weighted by Gasteiger charge is 2.37. The van der Waals surface area contributed by atoms with Gasteiger partial charge in [-0.25, -0.2) is 4.98 Å². The first-order chi connectivity index (χ1) is 13.3. The number of ether oxygens (including phenoxy) is 1. The molecular weight excluding hydrogens is 334 g/mol. The molecule has 0 aliphatic heterocycles. The van der Waals surface area contributed by atoms with E-state index < -0.39 is 0 Å². The lowest BCUT2D eigenvalue weighted by atomic mass is 9.87. The predicted molar refractivity (Wildman–Crippen MR) is 108 cm³/mol. The van der Waals surface area contributed by atoms with Gasteiger partial charge in [0.2, 0.25) is 0 Å². The Bertz CT molecular complexity index is 866. The zero-order chi connectivity index (χ0) is 18.5. The molecule has 1 heterocycles. The molecule has 1 aliphatic rings. The van der Waals surface area contributed by atoms with Crippen molar-refractivity contribution in [3.8, 4) is 5.75 Å². The van der Waals surface area contributed by atoms with Gasteiger partial charge >= 0.3 is 0 Å². The van der Waals surface area contributed by atoms with Crippen molar-refractivity contribution in [1.29, 1.82) is 0 Å². The highest BCUT2D eigenvalue weighted by molar-refractivity contribution is 5.40. The lowest BCUT2D eigenvalue weighted by molar-refractivity contribution is 0.314. The second kappa shape index (κ2) is 7.97. The van der Waals surface area contributed by atoms with Gasteiger partial charge in [0.1, 0.15) is 5.75 Å². The summed E-state index contributed by atoms with van der Waals surface area (Å²) in [6, 6.07) is 19.0. The molecule has 0 spiro atoms. The van der Waals surface area contributed by atoms with Crippen LogP contribution in [0.4, 0.5) is 0 Å². The quantitative estimate of drug-likeness (QED) is 0.673. The van der Waals surface area contributed by atoms with Gasteiger partial charge in [-0.2, -0.15) is 0 Å². The molecule has 0 radical (unpaired) electrons. The fraction of sp³-hybridized carbons (Fsp3) is 0.348. The van der Waals surface area contributed by atoms with Crippen molar-refractivity contribution in [3.05, 3.63) is 83.9 Å². The highest BCUT2D eigenvalue weighted by Crippen LogP contribution is 2.42. The van der Waals surface area contributed by atoms with Gasteiger partial charge in [0.05, 0.1) is 19.1 Å². The Morgan fingerprint density at radius 2 is 1.78 bits per heavy atom. The topological polar surface area (TPSA) is 39.1 Å². The molecule has 4 rings (SSSR count). The Balaban J connectivity index is 1.54. The summed E-state index contributed by atoms with van der Waals surface area (Å²) in [6.07, 6.45) is 8.66. The molecule has 2 aromatic carbocycles. The zero-order valence-corrected chi connectivity index (χ0v) is 15.9. The minimum Gasteiger partial charge on any atom is -0.496 e. The minimum atomic E-state index is -0.0194. The molecule has 1 saturated carbocycles. The minimum absolute atomic E-state index is 0.0194. The smallest absolute Gasteiger partial charge is 0.123 e. The van der Waals surface area contributed by atoms with Crippen molar-refractivity contribution >= 4 is 0 Å². The van der Waals surface area contributed by atoms with E-state index in [2.05, 4.69) is 63.4 Å². The normalized spacial score (nSPS) is 15.7. The maximum atomic E-state index is 5.67. The molecular formula is C23H27N3O. The number of methoxy groups -OCH3 is 1. The number of para-hydroxylation sites is 1.